The van der Waals surface area contributed by atoms with Gasteiger partial charge in [-0.05, 0) is 80.6 Å². The predicted octanol–water partition coefficient (Wildman–Crippen LogP) is 7.12. The van der Waals surface area contributed by atoms with Gasteiger partial charge in [0.1, 0.15) is 14.9 Å². The van der Waals surface area contributed by atoms with Crippen molar-refractivity contribution in [2.75, 3.05) is 0 Å². The summed E-state index contributed by atoms with van der Waals surface area (Å²) in [6.07, 6.45) is 0. The van der Waals surface area contributed by atoms with E-state index < -0.39 is 9.39 Å². The monoisotopic (exact) mass is 595 g/mol. The predicted molar refractivity (Wildman–Crippen MR) is 147 cm³/mol. The quantitative estimate of drug-likeness (QED) is 0.0751. The molecule has 0 aliphatic carbocycles. The fourth-order valence-electron chi connectivity index (χ4n) is 3.25. The van der Waals surface area contributed by atoms with Crippen molar-refractivity contribution >= 4 is 45.4 Å². The van der Waals surface area contributed by atoms with Gasteiger partial charge >= 0.3 is 11.9 Å². The number of ether oxygens (including phenoxy) is 2. The van der Waals surface area contributed by atoms with E-state index in [0.29, 0.717) is 17.1 Å². The van der Waals surface area contributed by atoms with Gasteiger partial charge in [0.25, 0.3) is 0 Å². The number of esters is 2. The molecule has 35 heavy (non-hydrogen) atoms. The summed E-state index contributed by atoms with van der Waals surface area (Å²) in [5, 5.41) is 0. The normalized spacial score (nSPS) is 11.2. The third-order valence-electron chi connectivity index (χ3n) is 4.99. The molecule has 176 valence electrons. The minimum Gasteiger partial charge on any atom is -0.426 e. The molecule has 4 aromatic carbocycles. The molecule has 0 N–H and O–H groups in total. The minimum absolute atomic E-state index is 0.277. The molecule has 4 nitrogen and oxygen atoms in total. The maximum atomic E-state index is 12.7. The summed E-state index contributed by atoms with van der Waals surface area (Å²) >= 11 is 2.02. The average molecular weight is 595 g/mol. The molecule has 0 aliphatic rings. The molecular weight excluding hydrogens is 571 g/mol. The van der Waals surface area contributed by atoms with Gasteiger partial charge in [0.2, 0.25) is 0 Å². The Hall–Kier alpha value is -3.10. The largest absolute Gasteiger partial charge is 0.426 e. The van der Waals surface area contributed by atoms with E-state index in [1.165, 1.54) is 15.9 Å². The van der Waals surface area contributed by atoms with Crippen molar-refractivity contribution in [1.29, 1.82) is 0 Å². The van der Waals surface area contributed by atoms with E-state index in [9.17, 15) is 9.59 Å². The van der Waals surface area contributed by atoms with Crippen LogP contribution in [0.25, 0.3) is 0 Å². The first-order valence-electron chi connectivity index (χ1n) is 11.0. The number of benzene rings is 4. The zero-order chi connectivity index (χ0) is 24.8. The maximum Gasteiger partial charge on any atom is 0.343 e. The van der Waals surface area contributed by atoms with Gasteiger partial charge in [0.05, 0.1) is 16.5 Å². The van der Waals surface area contributed by atoms with Crippen LogP contribution < -0.4 is 9.47 Å². The van der Waals surface area contributed by atoms with E-state index in [1.807, 2.05) is 83.3 Å². The van der Waals surface area contributed by atoms with E-state index in [4.69, 9.17) is 9.47 Å². The fraction of sp³-hybridized carbons (Fsp3) is 0.103. The molecule has 0 aromatic heterocycles. The van der Waals surface area contributed by atoms with Crippen LogP contribution in [0.5, 0.6) is 11.5 Å². The number of hydrogen-bond acceptors (Lipinski definition) is 4. The first-order valence-corrected chi connectivity index (χ1v) is 13.3. The third kappa shape index (κ3) is 6.52. The van der Waals surface area contributed by atoms with Crippen LogP contribution >= 0.6 is 22.6 Å². The van der Waals surface area contributed by atoms with E-state index in [2.05, 4.69) is 24.3 Å². The fourth-order valence-corrected chi connectivity index (χ4v) is 5.44. The average Bonchev–Trinajstić information content (AvgIpc) is 2.86. The van der Waals surface area contributed by atoms with Gasteiger partial charge in [0, 0.05) is 0 Å². The molecule has 0 bridgehead atoms. The van der Waals surface area contributed by atoms with Gasteiger partial charge in [-0.25, -0.2) is 4.79 Å². The van der Waals surface area contributed by atoms with Crippen molar-refractivity contribution in [2.24, 2.45) is 0 Å². The molecule has 0 atom stereocenters. The molecule has 0 amide bonds. The van der Waals surface area contributed by atoms with Crippen LogP contribution in [0.4, 0.5) is 0 Å². The molecule has 0 unspecified atom stereocenters. The number of carbonyl (C=O) groups excluding carboxylic acids is 2. The highest BCUT2D eigenvalue weighted by Crippen LogP contribution is 2.32. The highest BCUT2D eigenvalue weighted by molar-refractivity contribution is 14.1. The first-order chi connectivity index (χ1) is 16.8. The Kier molecular flexibility index (Phi) is 7.93. The lowest BCUT2D eigenvalue weighted by molar-refractivity contribution is -0.135. The van der Waals surface area contributed by atoms with E-state index in [-0.39, 0.29) is 16.9 Å². The second-order valence-electron chi connectivity index (χ2n) is 8.18. The standard InChI is InChI=1S/C29H24IO4S/c1-29(2,30)28(32)34-23-11-9-10-21(20-23)27(31)33-22-16-18-26(19-17-22)35(24-12-5-3-6-13-24)25-14-7-4-8-15-25/h3-20H,1-2H3/q+1. The Morgan fingerprint density at radius 2 is 1.20 bits per heavy atom. The van der Waals surface area contributed by atoms with Crippen molar-refractivity contribution in [2.45, 2.75) is 32.0 Å². The summed E-state index contributed by atoms with van der Waals surface area (Å²) in [6.45, 7) is 3.52. The zero-order valence-corrected chi connectivity index (χ0v) is 22.3. The molecule has 6 heteroatoms. The van der Waals surface area contributed by atoms with Crippen molar-refractivity contribution in [3.63, 3.8) is 0 Å². The summed E-state index contributed by atoms with van der Waals surface area (Å²) in [4.78, 5) is 28.4. The smallest absolute Gasteiger partial charge is 0.343 e. The second kappa shape index (κ2) is 11.1. The first kappa shape index (κ1) is 25.0. The van der Waals surface area contributed by atoms with Crippen LogP contribution in [0.15, 0.2) is 124 Å². The molecule has 0 saturated carbocycles. The summed E-state index contributed by atoms with van der Waals surface area (Å²) in [7, 11) is -0.277. The van der Waals surface area contributed by atoms with E-state index >= 15 is 0 Å². The second-order valence-corrected chi connectivity index (χ2v) is 12.9. The van der Waals surface area contributed by atoms with Gasteiger partial charge in [0.15, 0.2) is 14.7 Å². The van der Waals surface area contributed by atoms with Crippen LogP contribution in [-0.4, -0.2) is 15.4 Å². The Labute approximate surface area is 221 Å². The Morgan fingerprint density at radius 1 is 0.657 bits per heavy atom. The lowest BCUT2D eigenvalue weighted by Gasteiger charge is -2.14. The number of alkyl halides is 1. The Balaban J connectivity index is 1.52. The molecule has 0 aliphatic heterocycles. The summed E-state index contributed by atoms with van der Waals surface area (Å²) in [5.74, 6) is -0.153. The van der Waals surface area contributed by atoms with E-state index in [1.54, 1.807) is 32.0 Å². The van der Waals surface area contributed by atoms with Crippen LogP contribution in [0.1, 0.15) is 24.2 Å². The van der Waals surface area contributed by atoms with Gasteiger partial charge in [-0.2, -0.15) is 0 Å². The molecule has 0 radical (unpaired) electrons. The van der Waals surface area contributed by atoms with Crippen LogP contribution in [0.2, 0.25) is 0 Å². The number of halogens is 1. The lowest BCUT2D eigenvalue weighted by Crippen LogP contribution is -2.29. The van der Waals surface area contributed by atoms with Crippen LogP contribution in [0.3, 0.4) is 0 Å². The summed E-state index contributed by atoms with van der Waals surface area (Å²) in [5.41, 5.74) is 0.305. The highest BCUT2D eigenvalue weighted by atomic mass is 127. The Morgan fingerprint density at radius 3 is 1.74 bits per heavy atom. The highest BCUT2D eigenvalue weighted by Gasteiger charge is 2.28. The number of rotatable bonds is 7. The van der Waals surface area contributed by atoms with Crippen molar-refractivity contribution < 1.29 is 19.1 Å². The van der Waals surface area contributed by atoms with E-state index in [0.717, 1.165) is 4.90 Å². The molecule has 4 rings (SSSR count). The number of hydrogen-bond donors (Lipinski definition) is 0. The molecule has 4 aromatic rings. The molecule has 0 spiro atoms. The van der Waals surface area contributed by atoms with Crippen LogP contribution in [0, 0.1) is 0 Å². The van der Waals surface area contributed by atoms with Gasteiger partial charge in [-0.3, -0.25) is 4.79 Å². The molecule has 0 heterocycles. The van der Waals surface area contributed by atoms with Gasteiger partial charge in [-0.1, -0.05) is 65.1 Å². The van der Waals surface area contributed by atoms with Crippen LogP contribution in [-0.2, 0) is 15.7 Å². The summed E-state index contributed by atoms with van der Waals surface area (Å²) < 4.78 is 10.3. The molecule has 0 saturated heterocycles. The van der Waals surface area contributed by atoms with Gasteiger partial charge in [-0.15, -0.1) is 0 Å². The minimum atomic E-state index is -0.673. The zero-order valence-electron chi connectivity index (χ0n) is 19.3. The third-order valence-corrected chi connectivity index (χ3v) is 7.66. The Bertz CT molecular complexity index is 1260. The van der Waals surface area contributed by atoms with Crippen molar-refractivity contribution in [3.05, 3.63) is 115 Å². The summed E-state index contributed by atoms with van der Waals surface area (Å²) in [6, 6.07) is 34.7. The molecule has 0 fully saturated rings. The topological polar surface area (TPSA) is 52.6 Å². The van der Waals surface area contributed by atoms with Crippen molar-refractivity contribution in [3.8, 4) is 11.5 Å². The lowest BCUT2D eigenvalue weighted by atomic mass is 10.2. The maximum absolute atomic E-state index is 12.7. The molecular formula is C29H24IO4S+. The van der Waals surface area contributed by atoms with Crippen molar-refractivity contribution in [1.82, 2.24) is 0 Å². The SMILES string of the molecule is CC(C)(I)C(=O)Oc1cccc(C(=O)Oc2ccc([S+](c3ccccc3)c3ccccc3)cc2)c1. The van der Waals surface area contributed by atoms with Gasteiger partial charge < -0.3 is 9.47 Å². The number of carbonyl (C=O) groups is 2.